The van der Waals surface area contributed by atoms with Crippen LogP contribution in [0, 0.1) is 11.3 Å². The molecule has 2 aromatic rings. The summed E-state index contributed by atoms with van der Waals surface area (Å²) in [5.41, 5.74) is 1.71. The Labute approximate surface area is 177 Å². The molecule has 0 N–H and O–H groups in total. The zero-order chi connectivity index (χ0) is 21.9. The second kappa shape index (κ2) is 8.76. The lowest BCUT2D eigenvalue weighted by atomic mass is 10.1. The number of para-hydroxylation sites is 1. The number of carbonyl (C=O) groups excluding carboxylic acids is 1. The number of carbonyl (C=O) groups is 1. The minimum atomic E-state index is -3.45. The smallest absolute Gasteiger partial charge is 0.257 e. The fourth-order valence-electron chi connectivity index (χ4n) is 3.43. The van der Waals surface area contributed by atoms with Gasteiger partial charge < -0.3 is 14.5 Å². The lowest BCUT2D eigenvalue weighted by molar-refractivity contribution is 0.0740. The number of benzene rings is 2. The van der Waals surface area contributed by atoms with Crippen LogP contribution in [0.5, 0.6) is 5.75 Å². The van der Waals surface area contributed by atoms with Gasteiger partial charge in [0.15, 0.2) is 9.84 Å². The average molecular weight is 428 g/mol. The van der Waals surface area contributed by atoms with E-state index in [2.05, 4.69) is 11.0 Å². The molecule has 0 aliphatic carbocycles. The molecule has 0 atom stereocenters. The van der Waals surface area contributed by atoms with E-state index in [1.165, 1.54) is 12.1 Å². The number of ether oxygens (including phenoxy) is 1. The number of rotatable bonds is 5. The summed E-state index contributed by atoms with van der Waals surface area (Å²) in [4.78, 5) is 17.1. The number of hydrogen-bond acceptors (Lipinski definition) is 6. The Morgan fingerprint density at radius 2 is 1.77 bits per heavy atom. The van der Waals surface area contributed by atoms with E-state index < -0.39 is 9.84 Å². The van der Waals surface area contributed by atoms with Gasteiger partial charge in [0.25, 0.3) is 5.91 Å². The van der Waals surface area contributed by atoms with Gasteiger partial charge in [-0.05, 0) is 44.2 Å². The zero-order valence-electron chi connectivity index (χ0n) is 17.3. The fourth-order valence-corrected chi connectivity index (χ4v) is 4.08. The van der Waals surface area contributed by atoms with Crippen molar-refractivity contribution in [2.24, 2.45) is 0 Å². The highest BCUT2D eigenvalue weighted by atomic mass is 32.2. The summed E-state index contributed by atoms with van der Waals surface area (Å²) in [5, 5.41) is 9.33. The van der Waals surface area contributed by atoms with Crippen molar-refractivity contribution in [3.8, 4) is 11.8 Å². The molecule has 1 aliphatic heterocycles. The van der Waals surface area contributed by atoms with Gasteiger partial charge >= 0.3 is 0 Å². The number of anilines is 1. The van der Waals surface area contributed by atoms with E-state index in [-0.39, 0.29) is 22.5 Å². The molecule has 2 aromatic carbocycles. The molecule has 158 valence electrons. The third-order valence-electron chi connectivity index (χ3n) is 4.90. The molecule has 1 heterocycles. The maximum Gasteiger partial charge on any atom is 0.257 e. The fraction of sp³-hybridized carbons (Fsp3) is 0.364. The van der Waals surface area contributed by atoms with Crippen LogP contribution < -0.4 is 9.64 Å². The van der Waals surface area contributed by atoms with E-state index in [9.17, 15) is 18.5 Å². The second-order valence-electron chi connectivity index (χ2n) is 7.50. The van der Waals surface area contributed by atoms with Crippen LogP contribution in [0.1, 0.15) is 29.8 Å². The van der Waals surface area contributed by atoms with E-state index in [1.54, 1.807) is 17.0 Å². The molecule has 8 heteroatoms. The summed E-state index contributed by atoms with van der Waals surface area (Å²) in [6, 6.07) is 14.0. The van der Waals surface area contributed by atoms with Gasteiger partial charge in [0, 0.05) is 32.4 Å². The first-order valence-corrected chi connectivity index (χ1v) is 11.6. The van der Waals surface area contributed by atoms with Crippen LogP contribution in [0.4, 0.5) is 5.69 Å². The average Bonchev–Trinajstić information content (AvgIpc) is 2.72. The van der Waals surface area contributed by atoms with E-state index in [4.69, 9.17) is 4.74 Å². The lowest BCUT2D eigenvalue weighted by Gasteiger charge is -2.36. The Bertz CT molecular complexity index is 1080. The third kappa shape index (κ3) is 4.74. The molecule has 1 fully saturated rings. The number of piperazine rings is 1. The lowest BCUT2D eigenvalue weighted by Crippen LogP contribution is -2.49. The molecule has 1 amide bonds. The molecular weight excluding hydrogens is 402 g/mol. The number of nitrogens with zero attached hydrogens (tertiary/aromatic N) is 3. The number of hydrogen-bond donors (Lipinski definition) is 0. The Kier molecular flexibility index (Phi) is 6.32. The van der Waals surface area contributed by atoms with Gasteiger partial charge in [0.1, 0.15) is 11.8 Å². The normalized spacial score (nSPS) is 14.5. The van der Waals surface area contributed by atoms with Gasteiger partial charge in [0.05, 0.1) is 27.8 Å². The number of amides is 1. The summed E-state index contributed by atoms with van der Waals surface area (Å²) in [7, 11) is -3.45. The van der Waals surface area contributed by atoms with E-state index in [0.717, 1.165) is 11.9 Å². The van der Waals surface area contributed by atoms with Crippen LogP contribution in [0.25, 0.3) is 0 Å². The highest BCUT2D eigenvalue weighted by Crippen LogP contribution is 2.27. The van der Waals surface area contributed by atoms with Crippen molar-refractivity contribution in [2.75, 3.05) is 37.3 Å². The van der Waals surface area contributed by atoms with Crippen LogP contribution in [0.2, 0.25) is 0 Å². The van der Waals surface area contributed by atoms with Crippen LogP contribution in [-0.2, 0) is 9.84 Å². The van der Waals surface area contributed by atoms with Gasteiger partial charge in [-0.1, -0.05) is 12.1 Å². The Hall–Kier alpha value is -3.05. The van der Waals surface area contributed by atoms with Crippen molar-refractivity contribution >= 4 is 21.4 Å². The molecule has 0 spiro atoms. The molecule has 3 rings (SSSR count). The molecule has 30 heavy (non-hydrogen) atoms. The van der Waals surface area contributed by atoms with Crippen molar-refractivity contribution in [1.82, 2.24) is 4.90 Å². The highest BCUT2D eigenvalue weighted by molar-refractivity contribution is 7.90. The zero-order valence-corrected chi connectivity index (χ0v) is 18.1. The van der Waals surface area contributed by atoms with Crippen molar-refractivity contribution in [2.45, 2.75) is 24.8 Å². The summed E-state index contributed by atoms with van der Waals surface area (Å²) < 4.78 is 29.7. The van der Waals surface area contributed by atoms with Crippen LogP contribution in [-0.4, -0.2) is 57.8 Å². The molecule has 0 unspecified atom stereocenters. The van der Waals surface area contributed by atoms with Crippen molar-refractivity contribution in [1.29, 1.82) is 5.26 Å². The van der Waals surface area contributed by atoms with Gasteiger partial charge in [-0.3, -0.25) is 4.79 Å². The first kappa shape index (κ1) is 21.7. The van der Waals surface area contributed by atoms with E-state index in [0.29, 0.717) is 37.5 Å². The molecule has 7 nitrogen and oxygen atoms in total. The largest absolute Gasteiger partial charge is 0.490 e. The Morgan fingerprint density at radius 3 is 2.37 bits per heavy atom. The summed E-state index contributed by atoms with van der Waals surface area (Å²) in [6.45, 7) is 5.78. The molecule has 0 radical (unpaired) electrons. The van der Waals surface area contributed by atoms with E-state index in [1.807, 2.05) is 32.0 Å². The first-order valence-electron chi connectivity index (χ1n) is 9.75. The molecule has 1 saturated heterocycles. The van der Waals surface area contributed by atoms with Crippen molar-refractivity contribution in [3.63, 3.8) is 0 Å². The van der Waals surface area contributed by atoms with Crippen LogP contribution in [0.15, 0.2) is 47.4 Å². The summed E-state index contributed by atoms with van der Waals surface area (Å²) in [5.74, 6) is 0.115. The maximum atomic E-state index is 13.2. The molecule has 0 saturated carbocycles. The quantitative estimate of drug-likeness (QED) is 0.729. The Balaban J connectivity index is 1.83. The first-order chi connectivity index (χ1) is 14.2. The predicted molar refractivity (Wildman–Crippen MR) is 115 cm³/mol. The monoisotopic (exact) mass is 427 g/mol. The van der Waals surface area contributed by atoms with E-state index >= 15 is 0 Å². The topological polar surface area (TPSA) is 90.7 Å². The molecular formula is C22H25N3O4S. The standard InChI is InChI=1S/C22H25N3O4S/c1-16(2)29-21-9-8-18(30(3,27)28)14-19(21)22(26)25-12-10-24(11-13-25)20-7-5-4-6-17(20)15-23/h4-9,14,16H,10-13H2,1-3H3. The maximum absolute atomic E-state index is 13.2. The second-order valence-corrected chi connectivity index (χ2v) is 9.52. The SMILES string of the molecule is CC(C)Oc1ccc(S(C)(=O)=O)cc1C(=O)N1CCN(c2ccccc2C#N)CC1. The Morgan fingerprint density at radius 1 is 1.10 bits per heavy atom. The third-order valence-corrected chi connectivity index (χ3v) is 6.01. The number of sulfone groups is 1. The molecule has 0 aromatic heterocycles. The predicted octanol–water partition coefficient (Wildman–Crippen LogP) is 2.71. The molecule has 1 aliphatic rings. The summed E-state index contributed by atoms with van der Waals surface area (Å²) in [6.07, 6.45) is 0.963. The van der Waals surface area contributed by atoms with Crippen molar-refractivity contribution in [3.05, 3.63) is 53.6 Å². The van der Waals surface area contributed by atoms with Crippen LogP contribution in [0.3, 0.4) is 0 Å². The summed E-state index contributed by atoms with van der Waals surface area (Å²) >= 11 is 0. The van der Waals surface area contributed by atoms with Gasteiger partial charge in [-0.15, -0.1) is 0 Å². The van der Waals surface area contributed by atoms with Gasteiger partial charge in [-0.2, -0.15) is 5.26 Å². The molecule has 0 bridgehead atoms. The number of nitriles is 1. The minimum Gasteiger partial charge on any atom is -0.490 e. The van der Waals surface area contributed by atoms with Gasteiger partial charge in [0.2, 0.25) is 0 Å². The minimum absolute atomic E-state index is 0.0866. The van der Waals surface area contributed by atoms with Crippen LogP contribution >= 0.6 is 0 Å². The van der Waals surface area contributed by atoms with Crippen molar-refractivity contribution < 1.29 is 17.9 Å². The van der Waals surface area contributed by atoms with Gasteiger partial charge in [-0.25, -0.2) is 8.42 Å². The highest BCUT2D eigenvalue weighted by Gasteiger charge is 2.27.